The molecule has 29 heteroatoms. The molecular formula is C56H92O28S. The van der Waals surface area contributed by atoms with Gasteiger partial charge in [0.25, 0.3) is 0 Å². The third kappa shape index (κ3) is 13.5. The van der Waals surface area contributed by atoms with Crippen LogP contribution in [0.2, 0.25) is 0 Å². The summed E-state index contributed by atoms with van der Waals surface area (Å²) in [5.41, 5.74) is -1.26. The molecule has 0 bridgehead atoms. The summed E-state index contributed by atoms with van der Waals surface area (Å²) >= 11 is 0. The number of ketones is 1. The summed E-state index contributed by atoms with van der Waals surface area (Å²) in [7, 11) is -4.88. The van der Waals surface area contributed by atoms with Gasteiger partial charge in [0.15, 0.2) is 31.5 Å². The molecule has 0 aromatic carbocycles. The van der Waals surface area contributed by atoms with Crippen LogP contribution in [0.5, 0.6) is 0 Å². The zero-order chi connectivity index (χ0) is 62.3. The van der Waals surface area contributed by atoms with Gasteiger partial charge in [0.2, 0.25) is 0 Å². The molecule has 4 aliphatic carbocycles. The van der Waals surface area contributed by atoms with E-state index in [4.69, 9.17) is 51.6 Å². The number of ether oxygens (including phenoxy) is 10. The normalized spacial score (nSPS) is 51.3. The number of hydrogen-bond donors (Lipinski definition) is 14. The summed E-state index contributed by atoms with van der Waals surface area (Å²) in [6.07, 6.45) is -37.1. The van der Waals surface area contributed by atoms with Crippen molar-refractivity contribution in [3.63, 3.8) is 0 Å². The lowest BCUT2D eigenvalue weighted by Crippen LogP contribution is -2.67. The van der Waals surface area contributed by atoms with Crippen molar-refractivity contribution in [1.29, 1.82) is 0 Å². The molecule has 5 aliphatic heterocycles. The number of rotatable bonds is 18. The van der Waals surface area contributed by atoms with Crippen LogP contribution in [0.15, 0.2) is 11.6 Å². The number of fused-ring (bicyclic) bond motifs is 5. The maximum atomic E-state index is 13.2. The molecule has 0 aromatic heterocycles. The molecule has 1 unspecified atom stereocenters. The molecule has 8 fully saturated rings. The molecule has 0 radical (unpaired) electrons. The molecule has 490 valence electrons. The van der Waals surface area contributed by atoms with Gasteiger partial charge in [0.05, 0.1) is 49.3 Å². The predicted molar refractivity (Wildman–Crippen MR) is 286 cm³/mol. The number of carbonyl (C=O) groups excluding carboxylic acids is 1. The van der Waals surface area contributed by atoms with E-state index in [1.165, 1.54) is 20.8 Å². The van der Waals surface area contributed by atoms with Gasteiger partial charge >= 0.3 is 10.4 Å². The predicted octanol–water partition coefficient (Wildman–Crippen LogP) is -2.68. The second-order valence-electron chi connectivity index (χ2n) is 26.7. The van der Waals surface area contributed by atoms with Crippen LogP contribution in [0.25, 0.3) is 0 Å². The van der Waals surface area contributed by atoms with Crippen molar-refractivity contribution >= 4 is 16.2 Å². The smallest absolute Gasteiger partial charge is 0.394 e. The molecule has 5 heterocycles. The number of allylic oxidation sites excluding steroid dienone is 2. The zero-order valence-electron chi connectivity index (χ0n) is 49.1. The number of hydrogen-bond acceptors (Lipinski definition) is 27. The quantitative estimate of drug-likeness (QED) is 0.0491. The molecule has 0 spiro atoms. The Labute approximate surface area is 494 Å². The fourth-order valence-electron chi connectivity index (χ4n) is 15.8. The van der Waals surface area contributed by atoms with Crippen LogP contribution in [-0.4, -0.2) is 264 Å². The molecule has 9 rings (SSSR count). The lowest BCUT2D eigenvalue weighted by Gasteiger charge is -2.60. The van der Waals surface area contributed by atoms with Crippen molar-refractivity contribution in [2.24, 2.45) is 40.4 Å². The second-order valence-corrected chi connectivity index (χ2v) is 27.7. The van der Waals surface area contributed by atoms with Crippen molar-refractivity contribution in [3.8, 4) is 0 Å². The van der Waals surface area contributed by atoms with Crippen molar-refractivity contribution in [2.75, 3.05) is 13.2 Å². The Morgan fingerprint density at radius 2 is 1.20 bits per heavy atom. The van der Waals surface area contributed by atoms with E-state index in [0.29, 0.717) is 32.1 Å². The van der Waals surface area contributed by atoms with Gasteiger partial charge in [0, 0.05) is 12.8 Å². The maximum absolute atomic E-state index is 13.2. The van der Waals surface area contributed by atoms with Crippen molar-refractivity contribution in [3.05, 3.63) is 11.6 Å². The molecule has 33 atom stereocenters. The molecule has 9 aliphatic rings. The Hall–Kier alpha value is -1.64. The molecule has 0 amide bonds. The Kier molecular flexibility index (Phi) is 20.8. The minimum atomic E-state index is -4.88. The van der Waals surface area contributed by atoms with E-state index >= 15 is 0 Å². The average Bonchev–Trinajstić information content (AvgIpc) is 1.71. The molecule has 0 aromatic rings. The molecule has 28 nitrogen and oxygen atoms in total. The summed E-state index contributed by atoms with van der Waals surface area (Å²) in [6, 6.07) is 0. The number of aliphatic hydroxyl groups is 13. The fourth-order valence-corrected chi connectivity index (χ4v) is 16.3. The van der Waals surface area contributed by atoms with Crippen LogP contribution in [0.3, 0.4) is 0 Å². The first-order valence-corrected chi connectivity index (χ1v) is 31.3. The number of Topliss-reactive ketones (excluding diaryl/α,β-unsaturated/α-hetero) is 1. The van der Waals surface area contributed by atoms with Crippen LogP contribution >= 0.6 is 0 Å². The first kappa shape index (κ1) is 67.7. The maximum Gasteiger partial charge on any atom is 0.397 e. The summed E-state index contributed by atoms with van der Waals surface area (Å²) in [6.45, 7) is 12.6. The van der Waals surface area contributed by atoms with E-state index in [1.54, 1.807) is 6.92 Å². The lowest BCUT2D eigenvalue weighted by atomic mass is 9.47. The minimum Gasteiger partial charge on any atom is -0.394 e. The SMILES string of the molecule is CC(C)CC(=O)CC(C)(O)[C@H]1CC[C@H]2[C@@H]3C[C@H](O[C@@H]4O[C@H](C)[C@@H](O)[C@H](O[C@@H]5OC[C@@H](O[C@@H]6O[C@H](CO)[C@H](O)[C@H](O)[C@H]6O[C@@H]6O[C@H](C)[C@H](O)[C@H](O)[C@H]6O)[C@H](O)[C@H]5O[C@@H]5O[C@H](C)[C@@H](O)[C@H](O)[C@H]5O)[C@H]4O)[C@H]4C[C@@H](OS(=O)(=O)O)CC[C@]4(C)C3=CC[C@]12C. The van der Waals surface area contributed by atoms with Crippen LogP contribution < -0.4 is 0 Å². The molecule has 14 N–H and O–H groups in total. The van der Waals surface area contributed by atoms with Crippen LogP contribution in [-0.2, 0) is 66.7 Å². The van der Waals surface area contributed by atoms with Crippen molar-refractivity contribution in [1.82, 2.24) is 0 Å². The average molecular weight is 1250 g/mol. The molecule has 3 saturated carbocycles. The highest BCUT2D eigenvalue weighted by atomic mass is 32.3. The Morgan fingerprint density at radius 3 is 1.78 bits per heavy atom. The largest absolute Gasteiger partial charge is 0.397 e. The third-order valence-corrected chi connectivity index (χ3v) is 20.8. The van der Waals surface area contributed by atoms with Crippen molar-refractivity contribution in [2.45, 2.75) is 278 Å². The molecule has 5 saturated heterocycles. The monoisotopic (exact) mass is 1240 g/mol. The Bertz CT molecular complexity index is 2420. The minimum absolute atomic E-state index is 0.00462. The lowest BCUT2D eigenvalue weighted by molar-refractivity contribution is -0.398. The van der Waals surface area contributed by atoms with Gasteiger partial charge in [-0.15, -0.1) is 0 Å². The van der Waals surface area contributed by atoms with E-state index in [1.807, 2.05) is 13.8 Å². The van der Waals surface area contributed by atoms with Gasteiger partial charge < -0.3 is 114 Å². The van der Waals surface area contributed by atoms with Gasteiger partial charge in [-0.3, -0.25) is 9.35 Å². The summed E-state index contributed by atoms with van der Waals surface area (Å²) in [5, 5.41) is 145. The van der Waals surface area contributed by atoms with Gasteiger partial charge in [-0.1, -0.05) is 39.3 Å². The van der Waals surface area contributed by atoms with Crippen LogP contribution in [0, 0.1) is 40.4 Å². The van der Waals surface area contributed by atoms with Crippen molar-refractivity contribution < 1.29 is 136 Å². The highest BCUT2D eigenvalue weighted by Gasteiger charge is 2.64. The Morgan fingerprint density at radius 1 is 0.647 bits per heavy atom. The standard InChI is InChI=1S/C56H92O28S/c1-21(2)15-25(58)18-56(8,70)34-10-9-28-27-17-31(30-16-26(84-85(71,72)73)11-13-54(30,6)29(27)12-14-55(28,34)7)78-51-45(69)46(37(61)24(5)77-51)81-52-47(82-49-43(67)40(64)35(59)22(3)75-49)39(63)33(20-74-52)80-53-48(42(66)38(62)32(19-57)79-53)83-50-44(68)41(65)36(60)23(4)76-50/h12,21-24,26-28,30-53,57,59-70H,9-11,13-20H2,1-8H3,(H,71,72,73)/t22-,23-,24-,26+,27+,28+,30-,31+,32-,33-,34+,35-,36+,37-,38+,39+,40+,41+,42+,43-,44-,45-,46+,47-,48-,49+,50+,51+,52+,53+,54-,55+,56?/m1/s1. The topological polar surface area (TPSA) is 436 Å². The summed E-state index contributed by atoms with van der Waals surface area (Å²) < 4.78 is 100. The molecule has 85 heavy (non-hydrogen) atoms. The van der Waals surface area contributed by atoms with Gasteiger partial charge in [-0.2, -0.15) is 8.42 Å². The number of aliphatic hydroxyl groups excluding tert-OH is 12. The van der Waals surface area contributed by atoms with E-state index in [2.05, 4.69) is 19.9 Å². The summed E-state index contributed by atoms with van der Waals surface area (Å²) in [5.74, 6) is -0.799. The van der Waals surface area contributed by atoms with E-state index in [0.717, 1.165) is 12.0 Å². The first-order valence-electron chi connectivity index (χ1n) is 29.9. The third-order valence-electron chi connectivity index (χ3n) is 20.3. The van der Waals surface area contributed by atoms with Gasteiger partial charge in [0.1, 0.15) is 103 Å². The number of carbonyl (C=O) groups is 1. The highest BCUT2D eigenvalue weighted by molar-refractivity contribution is 7.80. The van der Waals surface area contributed by atoms with Crippen LogP contribution in [0.4, 0.5) is 0 Å². The van der Waals surface area contributed by atoms with E-state index in [9.17, 15) is 84.1 Å². The van der Waals surface area contributed by atoms with E-state index < -0.39 is 206 Å². The summed E-state index contributed by atoms with van der Waals surface area (Å²) in [4.78, 5) is 13.2. The zero-order valence-corrected chi connectivity index (χ0v) is 50.0. The van der Waals surface area contributed by atoms with Gasteiger partial charge in [-0.25, -0.2) is 4.18 Å². The molecular weight excluding hydrogens is 1150 g/mol. The Balaban J connectivity index is 0.982. The van der Waals surface area contributed by atoms with Crippen LogP contribution in [0.1, 0.15) is 113 Å². The van der Waals surface area contributed by atoms with E-state index in [-0.39, 0.29) is 48.7 Å². The highest BCUT2D eigenvalue weighted by Crippen LogP contribution is 2.67. The fraction of sp³-hybridized carbons (Fsp3) is 0.946. The second kappa shape index (κ2) is 26.2. The first-order chi connectivity index (χ1) is 39.7. The van der Waals surface area contributed by atoms with Gasteiger partial charge in [-0.05, 0) is 113 Å².